The summed E-state index contributed by atoms with van der Waals surface area (Å²) in [6.45, 7) is 2.67. The van der Waals surface area contributed by atoms with Gasteiger partial charge >= 0.3 is 12.0 Å². The highest BCUT2D eigenvalue weighted by Crippen LogP contribution is 2.31. The van der Waals surface area contributed by atoms with E-state index < -0.39 is 0 Å². The minimum atomic E-state index is -0.219. The van der Waals surface area contributed by atoms with E-state index in [1.807, 2.05) is 60.3 Å². The molecule has 1 fully saturated rings. The lowest BCUT2D eigenvalue weighted by molar-refractivity contribution is -0.142. The summed E-state index contributed by atoms with van der Waals surface area (Å²) >= 11 is 0. The van der Waals surface area contributed by atoms with Crippen molar-refractivity contribution in [3.05, 3.63) is 71.8 Å². The molecule has 2 unspecified atom stereocenters. The van der Waals surface area contributed by atoms with Gasteiger partial charge in [-0.05, 0) is 42.2 Å². The zero-order chi connectivity index (χ0) is 22.2. The summed E-state index contributed by atoms with van der Waals surface area (Å²) in [6.07, 6.45) is 4.31. The van der Waals surface area contributed by atoms with Gasteiger partial charge in [-0.25, -0.2) is 4.79 Å². The summed E-state index contributed by atoms with van der Waals surface area (Å²) in [5, 5.41) is 0. The Morgan fingerprint density at radius 1 is 0.935 bits per heavy atom. The molecule has 166 valence electrons. The fourth-order valence-corrected chi connectivity index (χ4v) is 4.71. The normalized spacial score (nSPS) is 18.5. The fraction of sp³-hybridized carbons (Fsp3) is 0.462. The molecular formula is C26H34N2O3. The van der Waals surface area contributed by atoms with Gasteiger partial charge in [-0.15, -0.1) is 0 Å². The molecule has 2 aromatic rings. The van der Waals surface area contributed by atoms with Crippen molar-refractivity contribution < 1.29 is 14.3 Å². The molecule has 0 spiro atoms. The SMILES string of the molecule is CC(=O)OCC1CCCC(CN(C)C(=O)N(C)C(c2ccccc2)c2ccccc2)C1. The Balaban J connectivity index is 1.67. The molecule has 5 nitrogen and oxygen atoms in total. The van der Waals surface area contributed by atoms with Crippen LogP contribution in [0.2, 0.25) is 0 Å². The third-order valence-electron chi connectivity index (χ3n) is 6.19. The number of rotatable bonds is 7. The van der Waals surface area contributed by atoms with E-state index in [1.165, 1.54) is 6.92 Å². The first-order chi connectivity index (χ1) is 15.0. The molecule has 5 heteroatoms. The predicted molar refractivity (Wildman–Crippen MR) is 123 cm³/mol. The molecule has 0 aliphatic heterocycles. The largest absolute Gasteiger partial charge is 0.466 e. The Bertz CT molecular complexity index is 801. The Morgan fingerprint density at radius 2 is 1.48 bits per heavy atom. The number of carbonyl (C=O) groups excluding carboxylic acids is 2. The first kappa shape index (κ1) is 22.9. The minimum absolute atomic E-state index is 0.0137. The highest BCUT2D eigenvalue weighted by molar-refractivity contribution is 5.75. The van der Waals surface area contributed by atoms with Gasteiger partial charge in [-0.2, -0.15) is 0 Å². The molecule has 1 aliphatic rings. The van der Waals surface area contributed by atoms with Crippen molar-refractivity contribution in [2.75, 3.05) is 27.2 Å². The number of hydrogen-bond donors (Lipinski definition) is 0. The smallest absolute Gasteiger partial charge is 0.320 e. The number of nitrogens with zero attached hydrogens (tertiary/aromatic N) is 2. The molecular weight excluding hydrogens is 388 g/mol. The number of carbonyl (C=O) groups is 2. The summed E-state index contributed by atoms with van der Waals surface area (Å²) in [5.74, 6) is 0.609. The van der Waals surface area contributed by atoms with Crippen LogP contribution in [0.4, 0.5) is 4.79 Å². The summed E-state index contributed by atoms with van der Waals surface area (Å²) in [6, 6.07) is 20.2. The zero-order valence-electron chi connectivity index (χ0n) is 18.9. The van der Waals surface area contributed by atoms with Crippen molar-refractivity contribution in [3.8, 4) is 0 Å². The lowest BCUT2D eigenvalue weighted by Gasteiger charge is -2.36. The quantitative estimate of drug-likeness (QED) is 0.581. The molecule has 2 amide bonds. The van der Waals surface area contributed by atoms with Crippen molar-refractivity contribution in [2.24, 2.45) is 11.8 Å². The van der Waals surface area contributed by atoms with Gasteiger partial charge in [0.25, 0.3) is 0 Å². The second kappa shape index (κ2) is 11.0. The molecule has 0 heterocycles. The van der Waals surface area contributed by atoms with E-state index in [9.17, 15) is 9.59 Å². The van der Waals surface area contributed by atoms with Crippen LogP contribution in [0, 0.1) is 11.8 Å². The third kappa shape index (κ3) is 6.33. The van der Waals surface area contributed by atoms with E-state index in [2.05, 4.69) is 24.3 Å². The topological polar surface area (TPSA) is 49.9 Å². The molecule has 3 rings (SSSR count). The third-order valence-corrected chi connectivity index (χ3v) is 6.19. The Kier molecular flexibility index (Phi) is 8.10. The summed E-state index contributed by atoms with van der Waals surface area (Å²) in [7, 11) is 3.77. The van der Waals surface area contributed by atoms with Gasteiger partial charge in [0.05, 0.1) is 12.6 Å². The zero-order valence-corrected chi connectivity index (χ0v) is 18.9. The van der Waals surface area contributed by atoms with Crippen LogP contribution in [-0.2, 0) is 9.53 Å². The van der Waals surface area contributed by atoms with Crippen molar-refractivity contribution in [1.82, 2.24) is 9.80 Å². The van der Waals surface area contributed by atoms with Crippen LogP contribution in [0.1, 0.15) is 49.8 Å². The number of amides is 2. The fourth-order valence-electron chi connectivity index (χ4n) is 4.71. The molecule has 0 N–H and O–H groups in total. The van der Waals surface area contributed by atoms with Crippen molar-refractivity contribution in [3.63, 3.8) is 0 Å². The number of benzene rings is 2. The lowest BCUT2D eigenvalue weighted by atomic mass is 9.81. The summed E-state index contributed by atoms with van der Waals surface area (Å²) < 4.78 is 5.22. The van der Waals surface area contributed by atoms with E-state index >= 15 is 0 Å². The van der Waals surface area contributed by atoms with E-state index in [0.717, 1.165) is 43.4 Å². The van der Waals surface area contributed by atoms with Gasteiger partial charge in [-0.1, -0.05) is 67.1 Å². The second-order valence-electron chi connectivity index (χ2n) is 8.70. The van der Waals surface area contributed by atoms with Crippen LogP contribution >= 0.6 is 0 Å². The van der Waals surface area contributed by atoms with Crippen molar-refractivity contribution in [1.29, 1.82) is 0 Å². The first-order valence-corrected chi connectivity index (χ1v) is 11.2. The molecule has 2 atom stereocenters. The molecule has 2 aromatic carbocycles. The molecule has 31 heavy (non-hydrogen) atoms. The van der Waals surface area contributed by atoms with Crippen LogP contribution in [0.5, 0.6) is 0 Å². The maximum Gasteiger partial charge on any atom is 0.320 e. The van der Waals surface area contributed by atoms with Gasteiger partial charge in [-0.3, -0.25) is 4.79 Å². The van der Waals surface area contributed by atoms with Gasteiger partial charge in [0, 0.05) is 27.6 Å². The predicted octanol–water partition coefficient (Wildman–Crippen LogP) is 5.13. The molecule has 0 saturated heterocycles. The monoisotopic (exact) mass is 422 g/mol. The average molecular weight is 423 g/mol. The maximum absolute atomic E-state index is 13.4. The lowest BCUT2D eigenvalue weighted by Crippen LogP contribution is -2.43. The maximum atomic E-state index is 13.4. The van der Waals surface area contributed by atoms with Crippen molar-refractivity contribution >= 4 is 12.0 Å². The summed E-state index contributed by atoms with van der Waals surface area (Å²) in [5.41, 5.74) is 2.19. The Hall–Kier alpha value is -2.82. The van der Waals surface area contributed by atoms with Crippen molar-refractivity contribution in [2.45, 2.75) is 38.6 Å². The highest BCUT2D eigenvalue weighted by Gasteiger charge is 2.29. The van der Waals surface area contributed by atoms with E-state index in [4.69, 9.17) is 4.74 Å². The van der Waals surface area contributed by atoms with Crippen LogP contribution in [0.3, 0.4) is 0 Å². The summed E-state index contributed by atoms with van der Waals surface area (Å²) in [4.78, 5) is 28.2. The number of esters is 1. The van der Waals surface area contributed by atoms with E-state index in [1.54, 1.807) is 0 Å². The van der Waals surface area contributed by atoms with Crippen LogP contribution in [0.25, 0.3) is 0 Å². The number of ether oxygens (including phenoxy) is 1. The van der Waals surface area contributed by atoms with Gasteiger partial charge in [0.15, 0.2) is 0 Å². The van der Waals surface area contributed by atoms with Crippen LogP contribution in [0.15, 0.2) is 60.7 Å². The Labute approximate surface area is 186 Å². The van der Waals surface area contributed by atoms with E-state index in [0.29, 0.717) is 18.4 Å². The van der Waals surface area contributed by atoms with Crippen LogP contribution < -0.4 is 0 Å². The molecule has 0 radical (unpaired) electrons. The Morgan fingerprint density at radius 3 is 2.03 bits per heavy atom. The molecule has 0 bridgehead atoms. The first-order valence-electron chi connectivity index (χ1n) is 11.2. The average Bonchev–Trinajstić information content (AvgIpc) is 2.79. The second-order valence-corrected chi connectivity index (χ2v) is 8.70. The highest BCUT2D eigenvalue weighted by atomic mass is 16.5. The molecule has 1 aliphatic carbocycles. The van der Waals surface area contributed by atoms with Gasteiger partial charge in [0.2, 0.25) is 0 Å². The standard InChI is InChI=1S/C26H34N2O3/c1-20(29)31-19-22-12-10-11-21(17-22)18-27(2)26(30)28(3)25(23-13-6-4-7-14-23)24-15-8-5-9-16-24/h4-9,13-16,21-22,25H,10-12,17-19H2,1-3H3. The van der Waals surface area contributed by atoms with Gasteiger partial charge < -0.3 is 14.5 Å². The molecule has 1 saturated carbocycles. The number of hydrogen-bond acceptors (Lipinski definition) is 3. The molecule has 0 aromatic heterocycles. The van der Waals surface area contributed by atoms with E-state index in [-0.39, 0.29) is 18.0 Å². The number of urea groups is 1. The van der Waals surface area contributed by atoms with Gasteiger partial charge in [0.1, 0.15) is 0 Å². The minimum Gasteiger partial charge on any atom is -0.466 e. The van der Waals surface area contributed by atoms with Crippen LogP contribution in [-0.4, -0.2) is 49.0 Å².